The van der Waals surface area contributed by atoms with E-state index in [1.54, 1.807) is 7.11 Å². The summed E-state index contributed by atoms with van der Waals surface area (Å²) in [5, 5.41) is 1.84. The van der Waals surface area contributed by atoms with Gasteiger partial charge >= 0.3 is 0 Å². The van der Waals surface area contributed by atoms with Crippen molar-refractivity contribution < 1.29 is 13.9 Å². The highest BCUT2D eigenvalue weighted by Gasteiger charge is 2.12. The van der Waals surface area contributed by atoms with E-state index < -0.39 is 0 Å². The highest BCUT2D eigenvalue weighted by atomic mass is 16.5. The van der Waals surface area contributed by atoms with Gasteiger partial charge in [0.05, 0.1) is 17.5 Å². The van der Waals surface area contributed by atoms with Crippen LogP contribution in [0.1, 0.15) is 0 Å². The molecule has 0 radical (unpaired) electrons. The molecule has 0 atom stereocenters. The lowest BCUT2D eigenvalue weighted by Crippen LogP contribution is -2.07. The van der Waals surface area contributed by atoms with Gasteiger partial charge < -0.3 is 19.6 Å². The van der Waals surface area contributed by atoms with E-state index in [9.17, 15) is 0 Å². The molecule has 0 fully saturated rings. The van der Waals surface area contributed by atoms with Crippen molar-refractivity contribution in [2.45, 2.75) is 0 Å². The molecule has 0 saturated carbocycles. The lowest BCUT2D eigenvalue weighted by molar-refractivity contribution is 0.144. The van der Waals surface area contributed by atoms with E-state index in [1.807, 2.05) is 48.5 Å². The zero-order chi connectivity index (χ0) is 17.2. The number of nitrogens with two attached hydrogens (primary N) is 1. The average Bonchev–Trinajstić information content (AvgIpc) is 3.05. The zero-order valence-electron chi connectivity index (χ0n) is 13.7. The van der Waals surface area contributed by atoms with Crippen LogP contribution >= 0.6 is 0 Å². The lowest BCUT2D eigenvalue weighted by Gasteiger charge is -2.09. The summed E-state index contributed by atoms with van der Waals surface area (Å²) >= 11 is 0. The SMILES string of the molecule is COCCOc1nc(N)nc2ccc(-c3cc4ccccc4o3)cc12. The molecule has 0 aliphatic rings. The standard InChI is InChI=1S/C19H17N3O3/c1-23-8-9-24-18-14-10-13(6-7-15(14)21-19(20)22-18)17-11-12-4-2-3-5-16(12)25-17/h2-7,10-11H,8-9H2,1H3,(H2,20,21,22). The van der Waals surface area contributed by atoms with Crippen LogP contribution in [-0.4, -0.2) is 30.3 Å². The quantitative estimate of drug-likeness (QED) is 0.561. The summed E-state index contributed by atoms with van der Waals surface area (Å²) in [4.78, 5) is 8.48. The van der Waals surface area contributed by atoms with Crippen LogP contribution in [-0.2, 0) is 4.74 Å². The molecule has 0 aliphatic carbocycles. The number of fused-ring (bicyclic) bond motifs is 2. The van der Waals surface area contributed by atoms with Crippen LogP contribution in [0.15, 0.2) is 52.9 Å². The van der Waals surface area contributed by atoms with Gasteiger partial charge in [-0.1, -0.05) is 18.2 Å². The minimum Gasteiger partial charge on any atom is -0.475 e. The first kappa shape index (κ1) is 15.4. The number of rotatable bonds is 5. The number of benzene rings is 2. The summed E-state index contributed by atoms with van der Waals surface area (Å²) in [5.74, 6) is 1.40. The largest absolute Gasteiger partial charge is 0.475 e. The molecule has 0 bridgehead atoms. The van der Waals surface area contributed by atoms with Crippen LogP contribution in [0.4, 0.5) is 5.95 Å². The van der Waals surface area contributed by atoms with Crippen LogP contribution in [0.25, 0.3) is 33.2 Å². The van der Waals surface area contributed by atoms with Crippen molar-refractivity contribution in [3.63, 3.8) is 0 Å². The van der Waals surface area contributed by atoms with Gasteiger partial charge in [0.2, 0.25) is 11.8 Å². The first-order valence-electron chi connectivity index (χ1n) is 7.92. The van der Waals surface area contributed by atoms with E-state index in [0.717, 1.165) is 33.2 Å². The number of nitrogen functional groups attached to an aromatic ring is 1. The Balaban J connectivity index is 1.80. The Morgan fingerprint density at radius 1 is 1.04 bits per heavy atom. The molecule has 0 unspecified atom stereocenters. The van der Waals surface area contributed by atoms with Crippen LogP contribution < -0.4 is 10.5 Å². The summed E-state index contributed by atoms with van der Waals surface area (Å²) in [7, 11) is 1.62. The van der Waals surface area contributed by atoms with Gasteiger partial charge in [-0.15, -0.1) is 0 Å². The molecule has 0 aliphatic heterocycles. The molecule has 25 heavy (non-hydrogen) atoms. The Morgan fingerprint density at radius 2 is 1.92 bits per heavy atom. The molecule has 2 aromatic heterocycles. The molecule has 2 aromatic carbocycles. The Labute approximate surface area is 144 Å². The van der Waals surface area contributed by atoms with Crippen molar-refractivity contribution in [3.8, 4) is 17.2 Å². The molecule has 4 aromatic rings. The first-order chi connectivity index (χ1) is 12.2. The predicted octanol–water partition coefficient (Wildman–Crippen LogP) is 3.65. The van der Waals surface area contributed by atoms with Crippen molar-refractivity contribution >= 4 is 27.8 Å². The normalized spacial score (nSPS) is 11.2. The second-order valence-corrected chi connectivity index (χ2v) is 5.61. The summed E-state index contributed by atoms with van der Waals surface area (Å²) in [5.41, 5.74) is 8.27. The Kier molecular flexibility index (Phi) is 3.95. The molecule has 6 nitrogen and oxygen atoms in total. The fourth-order valence-corrected chi connectivity index (χ4v) is 2.73. The fraction of sp³-hybridized carbons (Fsp3) is 0.158. The maximum atomic E-state index is 5.94. The van der Waals surface area contributed by atoms with Gasteiger partial charge in [-0.25, -0.2) is 4.98 Å². The molecule has 6 heteroatoms. The maximum absolute atomic E-state index is 5.94. The smallest absolute Gasteiger partial charge is 0.226 e. The van der Waals surface area contributed by atoms with Gasteiger partial charge in [0.1, 0.15) is 18.0 Å². The van der Waals surface area contributed by atoms with Crippen molar-refractivity contribution in [1.82, 2.24) is 9.97 Å². The maximum Gasteiger partial charge on any atom is 0.226 e. The summed E-state index contributed by atoms with van der Waals surface area (Å²) in [6.45, 7) is 0.853. The van der Waals surface area contributed by atoms with Crippen molar-refractivity contribution in [3.05, 3.63) is 48.5 Å². The minimum absolute atomic E-state index is 0.177. The molecule has 2 N–H and O–H groups in total. The molecular weight excluding hydrogens is 318 g/mol. The number of ether oxygens (including phenoxy) is 2. The number of anilines is 1. The number of hydrogen-bond donors (Lipinski definition) is 1. The number of para-hydroxylation sites is 1. The van der Waals surface area contributed by atoms with E-state index in [4.69, 9.17) is 19.6 Å². The van der Waals surface area contributed by atoms with Gasteiger partial charge in [0.25, 0.3) is 0 Å². The summed E-state index contributed by atoms with van der Waals surface area (Å²) < 4.78 is 16.7. The minimum atomic E-state index is 0.177. The van der Waals surface area contributed by atoms with Crippen LogP contribution in [0.5, 0.6) is 5.88 Å². The van der Waals surface area contributed by atoms with E-state index in [1.165, 1.54) is 0 Å². The van der Waals surface area contributed by atoms with E-state index in [-0.39, 0.29) is 5.95 Å². The third-order valence-corrected chi connectivity index (χ3v) is 3.91. The van der Waals surface area contributed by atoms with Crippen molar-refractivity contribution in [1.29, 1.82) is 0 Å². The Bertz CT molecular complexity index is 1010. The fourth-order valence-electron chi connectivity index (χ4n) is 2.73. The van der Waals surface area contributed by atoms with Gasteiger partial charge in [-0.3, -0.25) is 0 Å². The molecular formula is C19H17N3O3. The molecule has 4 rings (SSSR count). The topological polar surface area (TPSA) is 83.4 Å². The average molecular weight is 335 g/mol. The summed E-state index contributed by atoms with van der Waals surface area (Å²) in [6, 6.07) is 15.7. The second-order valence-electron chi connectivity index (χ2n) is 5.61. The van der Waals surface area contributed by atoms with E-state index in [0.29, 0.717) is 19.1 Å². The van der Waals surface area contributed by atoms with Gasteiger partial charge in [-0.2, -0.15) is 4.98 Å². The van der Waals surface area contributed by atoms with Crippen molar-refractivity contribution in [2.24, 2.45) is 0 Å². The van der Waals surface area contributed by atoms with Crippen molar-refractivity contribution in [2.75, 3.05) is 26.1 Å². The van der Waals surface area contributed by atoms with Crippen LogP contribution in [0.2, 0.25) is 0 Å². The number of hydrogen-bond acceptors (Lipinski definition) is 6. The van der Waals surface area contributed by atoms with Gasteiger partial charge in [-0.05, 0) is 30.3 Å². The third kappa shape index (κ3) is 2.99. The molecule has 0 spiro atoms. The highest BCUT2D eigenvalue weighted by molar-refractivity contribution is 5.90. The second kappa shape index (κ2) is 6.41. The number of furan rings is 1. The first-order valence-corrected chi connectivity index (χ1v) is 7.92. The number of nitrogens with zero attached hydrogens (tertiary/aromatic N) is 2. The third-order valence-electron chi connectivity index (χ3n) is 3.91. The molecule has 126 valence electrons. The summed E-state index contributed by atoms with van der Waals surface area (Å²) in [6.07, 6.45) is 0. The highest BCUT2D eigenvalue weighted by Crippen LogP contribution is 2.32. The van der Waals surface area contributed by atoms with E-state index >= 15 is 0 Å². The molecule has 0 saturated heterocycles. The lowest BCUT2D eigenvalue weighted by atomic mass is 10.1. The monoisotopic (exact) mass is 335 g/mol. The van der Waals surface area contributed by atoms with Crippen LogP contribution in [0.3, 0.4) is 0 Å². The Morgan fingerprint density at radius 3 is 2.76 bits per heavy atom. The predicted molar refractivity (Wildman–Crippen MR) is 96.5 cm³/mol. The number of methoxy groups -OCH3 is 1. The van der Waals surface area contributed by atoms with Gasteiger partial charge in [0.15, 0.2) is 0 Å². The van der Waals surface area contributed by atoms with Gasteiger partial charge in [0, 0.05) is 18.1 Å². The zero-order valence-corrected chi connectivity index (χ0v) is 13.7. The molecule has 0 amide bonds. The Hall–Kier alpha value is -3.12. The van der Waals surface area contributed by atoms with E-state index in [2.05, 4.69) is 9.97 Å². The number of aromatic nitrogens is 2. The molecule has 2 heterocycles. The van der Waals surface area contributed by atoms with Crippen LogP contribution in [0, 0.1) is 0 Å².